The second-order valence-electron chi connectivity index (χ2n) is 7.57. The number of aromatic carboxylic acids is 1. The Morgan fingerprint density at radius 1 is 0.935 bits per heavy atom. The molecule has 31 heavy (non-hydrogen) atoms. The molecule has 0 unspecified atom stereocenters. The number of hydrogen-bond acceptors (Lipinski definition) is 5. The summed E-state index contributed by atoms with van der Waals surface area (Å²) in [5.74, 6) is -0.939. The first-order valence-electron chi connectivity index (χ1n) is 11.2. The Morgan fingerprint density at radius 3 is 2.29 bits per heavy atom. The van der Waals surface area contributed by atoms with E-state index in [4.69, 9.17) is 4.74 Å². The summed E-state index contributed by atoms with van der Waals surface area (Å²) in [6.45, 7) is 2.85. The van der Waals surface area contributed by atoms with Crippen molar-refractivity contribution in [2.75, 3.05) is 11.9 Å². The number of amides is 1. The monoisotopic (exact) mass is 427 g/mol. The molecular weight excluding hydrogens is 394 g/mol. The third-order valence-electron chi connectivity index (χ3n) is 4.99. The van der Waals surface area contributed by atoms with E-state index in [9.17, 15) is 14.7 Å². The quantitative estimate of drug-likeness (QED) is 0.352. The molecule has 0 saturated heterocycles. The van der Waals surface area contributed by atoms with Crippen molar-refractivity contribution in [1.29, 1.82) is 0 Å². The number of unbranched alkanes of at least 4 members (excludes halogenated alkanes) is 9. The Morgan fingerprint density at radius 2 is 1.61 bits per heavy atom. The smallest absolute Gasteiger partial charge is 0.338 e. The highest BCUT2D eigenvalue weighted by molar-refractivity contribution is 6.08. The predicted octanol–water partition coefficient (Wildman–Crippen LogP) is 5.73. The molecule has 168 valence electrons. The molecule has 0 spiro atoms. The fourth-order valence-electron chi connectivity index (χ4n) is 3.28. The van der Waals surface area contributed by atoms with E-state index in [1.165, 1.54) is 69.7 Å². The van der Waals surface area contributed by atoms with Gasteiger partial charge in [-0.2, -0.15) is 0 Å². The zero-order chi connectivity index (χ0) is 22.3. The van der Waals surface area contributed by atoms with E-state index in [0.29, 0.717) is 12.4 Å². The average Bonchev–Trinajstić information content (AvgIpc) is 2.77. The zero-order valence-electron chi connectivity index (χ0n) is 18.3. The molecule has 7 heteroatoms. The standard InChI is InChI=1S/C24H33N3O4/c1-2-3-4-5-6-7-8-9-10-11-17-31-19-14-16-25-21(18-19)27-23(28)22-20(24(29)30)13-12-15-26-22/h12-16,18H,2-11,17H2,1H3,(H,29,30)(H,25,27,28). The maximum Gasteiger partial charge on any atom is 0.338 e. The number of hydrogen-bond donors (Lipinski definition) is 2. The minimum Gasteiger partial charge on any atom is -0.493 e. The minimum absolute atomic E-state index is 0.159. The van der Waals surface area contributed by atoms with Crippen LogP contribution in [-0.2, 0) is 0 Å². The highest BCUT2D eigenvalue weighted by Gasteiger charge is 2.18. The highest BCUT2D eigenvalue weighted by atomic mass is 16.5. The van der Waals surface area contributed by atoms with E-state index in [1.54, 1.807) is 18.3 Å². The van der Waals surface area contributed by atoms with Crippen LogP contribution in [0.5, 0.6) is 5.75 Å². The van der Waals surface area contributed by atoms with Crippen LogP contribution in [0.1, 0.15) is 92.0 Å². The maximum atomic E-state index is 12.4. The number of carbonyl (C=O) groups is 2. The van der Waals surface area contributed by atoms with Gasteiger partial charge in [-0.25, -0.2) is 9.78 Å². The van der Waals surface area contributed by atoms with Gasteiger partial charge in [-0.05, 0) is 24.6 Å². The molecule has 2 aromatic heterocycles. The van der Waals surface area contributed by atoms with Gasteiger partial charge >= 0.3 is 5.97 Å². The van der Waals surface area contributed by atoms with Crippen molar-refractivity contribution < 1.29 is 19.4 Å². The van der Waals surface area contributed by atoms with Gasteiger partial charge in [0.05, 0.1) is 12.2 Å². The number of aromatic nitrogens is 2. The Balaban J connectivity index is 1.69. The molecule has 0 bridgehead atoms. The zero-order valence-corrected chi connectivity index (χ0v) is 18.3. The van der Waals surface area contributed by atoms with Crippen molar-refractivity contribution in [1.82, 2.24) is 9.97 Å². The van der Waals surface area contributed by atoms with Crippen molar-refractivity contribution in [2.24, 2.45) is 0 Å². The first-order valence-corrected chi connectivity index (χ1v) is 11.2. The number of nitrogens with one attached hydrogen (secondary N) is 1. The van der Waals surface area contributed by atoms with Crippen LogP contribution in [0, 0.1) is 0 Å². The van der Waals surface area contributed by atoms with Crippen molar-refractivity contribution in [3.05, 3.63) is 47.9 Å². The van der Waals surface area contributed by atoms with Gasteiger partial charge in [0.15, 0.2) is 0 Å². The summed E-state index contributed by atoms with van der Waals surface area (Å²) in [5.41, 5.74) is -0.318. The number of pyridine rings is 2. The van der Waals surface area contributed by atoms with Crippen molar-refractivity contribution in [2.45, 2.75) is 71.1 Å². The SMILES string of the molecule is CCCCCCCCCCCCOc1ccnc(NC(=O)c2ncccc2C(=O)O)c1. The lowest BCUT2D eigenvalue weighted by molar-refractivity contribution is 0.0691. The van der Waals surface area contributed by atoms with Gasteiger partial charge in [-0.3, -0.25) is 9.78 Å². The van der Waals surface area contributed by atoms with E-state index < -0.39 is 11.9 Å². The Kier molecular flexibility index (Phi) is 11.1. The summed E-state index contributed by atoms with van der Waals surface area (Å²) in [5, 5.41) is 11.8. The Bertz CT molecular complexity index is 826. The lowest BCUT2D eigenvalue weighted by Crippen LogP contribution is -2.18. The highest BCUT2D eigenvalue weighted by Crippen LogP contribution is 2.17. The van der Waals surface area contributed by atoms with Crippen molar-refractivity contribution in [3.63, 3.8) is 0 Å². The van der Waals surface area contributed by atoms with Gasteiger partial charge in [0, 0.05) is 18.5 Å². The van der Waals surface area contributed by atoms with Crippen LogP contribution in [0.25, 0.3) is 0 Å². The molecule has 0 radical (unpaired) electrons. The summed E-state index contributed by atoms with van der Waals surface area (Å²) >= 11 is 0. The number of carbonyl (C=O) groups excluding carboxylic acids is 1. The lowest BCUT2D eigenvalue weighted by atomic mass is 10.1. The van der Waals surface area contributed by atoms with E-state index in [1.807, 2.05) is 0 Å². The Hall–Kier alpha value is -2.96. The van der Waals surface area contributed by atoms with Crippen LogP contribution in [0.2, 0.25) is 0 Å². The number of carboxylic acids is 1. The molecule has 0 aliphatic carbocycles. The molecule has 2 heterocycles. The van der Waals surface area contributed by atoms with Crippen molar-refractivity contribution >= 4 is 17.7 Å². The first kappa shape index (κ1) is 24.3. The third kappa shape index (κ3) is 9.15. The van der Waals surface area contributed by atoms with Gasteiger partial charge in [0.2, 0.25) is 0 Å². The number of nitrogens with zero attached hydrogens (tertiary/aromatic N) is 2. The summed E-state index contributed by atoms with van der Waals surface area (Å²) in [7, 11) is 0. The molecule has 0 atom stereocenters. The lowest BCUT2D eigenvalue weighted by Gasteiger charge is -2.09. The molecule has 0 fully saturated rings. The molecule has 0 aliphatic heterocycles. The van der Waals surface area contributed by atoms with E-state index in [2.05, 4.69) is 22.2 Å². The molecular formula is C24H33N3O4. The minimum atomic E-state index is -1.21. The topological polar surface area (TPSA) is 101 Å². The first-order chi connectivity index (χ1) is 15.1. The molecule has 2 N–H and O–H groups in total. The summed E-state index contributed by atoms with van der Waals surface area (Å²) < 4.78 is 5.77. The van der Waals surface area contributed by atoms with Crippen LogP contribution < -0.4 is 10.1 Å². The summed E-state index contributed by atoms with van der Waals surface area (Å²) in [4.78, 5) is 31.6. The molecule has 7 nitrogen and oxygen atoms in total. The van der Waals surface area contributed by atoms with Gasteiger partial charge in [-0.1, -0.05) is 64.7 Å². The van der Waals surface area contributed by atoms with Crippen LogP contribution in [-0.4, -0.2) is 33.6 Å². The second kappa shape index (κ2) is 14.1. The molecule has 0 aromatic carbocycles. The van der Waals surface area contributed by atoms with E-state index in [-0.39, 0.29) is 17.1 Å². The summed E-state index contributed by atoms with van der Waals surface area (Å²) in [6.07, 6.45) is 15.6. The number of rotatable bonds is 15. The average molecular weight is 428 g/mol. The van der Waals surface area contributed by atoms with Crippen LogP contribution in [0.15, 0.2) is 36.7 Å². The van der Waals surface area contributed by atoms with Crippen LogP contribution in [0.3, 0.4) is 0 Å². The van der Waals surface area contributed by atoms with E-state index >= 15 is 0 Å². The maximum absolute atomic E-state index is 12.4. The number of ether oxygens (including phenoxy) is 1. The largest absolute Gasteiger partial charge is 0.493 e. The predicted molar refractivity (Wildman–Crippen MR) is 121 cm³/mol. The van der Waals surface area contributed by atoms with Gasteiger partial charge < -0.3 is 15.2 Å². The Labute approximate surface area is 184 Å². The molecule has 2 rings (SSSR count). The van der Waals surface area contributed by atoms with Crippen molar-refractivity contribution in [3.8, 4) is 5.75 Å². The fraction of sp³-hybridized carbons (Fsp3) is 0.500. The number of anilines is 1. The van der Waals surface area contributed by atoms with Crippen LogP contribution in [0.4, 0.5) is 5.82 Å². The molecule has 0 saturated carbocycles. The molecule has 1 amide bonds. The normalized spacial score (nSPS) is 10.6. The van der Waals surface area contributed by atoms with Gasteiger partial charge in [-0.15, -0.1) is 0 Å². The second-order valence-corrected chi connectivity index (χ2v) is 7.57. The van der Waals surface area contributed by atoms with E-state index in [0.717, 1.165) is 12.8 Å². The van der Waals surface area contributed by atoms with Crippen LogP contribution >= 0.6 is 0 Å². The third-order valence-corrected chi connectivity index (χ3v) is 4.99. The molecule has 0 aliphatic rings. The van der Waals surface area contributed by atoms with Gasteiger partial charge in [0.1, 0.15) is 17.3 Å². The fourth-order valence-corrected chi connectivity index (χ4v) is 3.28. The number of carboxylic acid groups (broad SMARTS) is 1. The summed E-state index contributed by atoms with van der Waals surface area (Å²) in [6, 6.07) is 6.16. The molecule has 2 aromatic rings. The van der Waals surface area contributed by atoms with Gasteiger partial charge in [0.25, 0.3) is 5.91 Å².